The molecule has 3 rings (SSSR count). The number of rotatable bonds is 6. The molecule has 0 bridgehead atoms. The number of hydrogen-bond donors (Lipinski definition) is 1. The van der Waals surface area contributed by atoms with Crippen LogP contribution in [0.15, 0.2) is 47.4 Å². The standard InChI is InChI=1S/C21H24Cl2N2O3S/c1-15-19(23)8-5-9-20(15)24-21(26)14-25(17-6-3-2-4-7-17)29(27,28)18-12-10-16(22)11-13-18/h5,8-13,17H,2-4,6-7,14H2,1H3,(H,24,26). The lowest BCUT2D eigenvalue weighted by Crippen LogP contribution is -2.45. The van der Waals surface area contributed by atoms with Gasteiger partial charge in [-0.25, -0.2) is 8.42 Å². The third kappa shape index (κ3) is 5.31. The quantitative estimate of drug-likeness (QED) is 0.646. The van der Waals surface area contributed by atoms with Crippen LogP contribution >= 0.6 is 23.2 Å². The molecule has 29 heavy (non-hydrogen) atoms. The van der Waals surface area contributed by atoms with Gasteiger partial charge in [0, 0.05) is 21.8 Å². The van der Waals surface area contributed by atoms with Crippen LogP contribution in [0.25, 0.3) is 0 Å². The molecule has 0 aromatic heterocycles. The molecule has 1 saturated carbocycles. The minimum absolute atomic E-state index is 0.138. The molecule has 0 spiro atoms. The zero-order chi connectivity index (χ0) is 21.0. The van der Waals surface area contributed by atoms with Crippen molar-refractivity contribution in [1.82, 2.24) is 4.31 Å². The zero-order valence-corrected chi connectivity index (χ0v) is 18.5. The summed E-state index contributed by atoms with van der Waals surface area (Å²) in [6.07, 6.45) is 4.48. The Hall–Kier alpha value is -1.60. The predicted molar refractivity (Wildman–Crippen MR) is 117 cm³/mol. The smallest absolute Gasteiger partial charge is 0.243 e. The number of benzene rings is 2. The first-order valence-corrected chi connectivity index (χ1v) is 11.8. The second-order valence-corrected chi connectivity index (χ2v) is 9.99. The van der Waals surface area contributed by atoms with Crippen molar-refractivity contribution in [3.8, 4) is 0 Å². The Labute approximate surface area is 182 Å². The summed E-state index contributed by atoms with van der Waals surface area (Å²) < 4.78 is 28.0. The van der Waals surface area contributed by atoms with Crippen molar-refractivity contribution in [3.05, 3.63) is 58.1 Å². The number of amides is 1. The lowest BCUT2D eigenvalue weighted by molar-refractivity contribution is -0.116. The summed E-state index contributed by atoms with van der Waals surface area (Å²) in [5.74, 6) is -0.390. The maximum Gasteiger partial charge on any atom is 0.243 e. The molecule has 8 heteroatoms. The van der Waals surface area contributed by atoms with Crippen molar-refractivity contribution in [3.63, 3.8) is 0 Å². The van der Waals surface area contributed by atoms with Gasteiger partial charge in [-0.15, -0.1) is 0 Å². The van der Waals surface area contributed by atoms with Gasteiger partial charge in [-0.05, 0) is 61.7 Å². The van der Waals surface area contributed by atoms with E-state index in [1.807, 2.05) is 0 Å². The van der Waals surface area contributed by atoms with E-state index in [9.17, 15) is 13.2 Å². The van der Waals surface area contributed by atoms with Crippen LogP contribution in [0.2, 0.25) is 10.0 Å². The molecule has 0 atom stereocenters. The number of nitrogens with one attached hydrogen (secondary N) is 1. The lowest BCUT2D eigenvalue weighted by atomic mass is 9.95. The Bertz CT molecular complexity index is 972. The number of halogens is 2. The molecular formula is C21H24Cl2N2O3S. The van der Waals surface area contributed by atoms with Crippen LogP contribution in [0.5, 0.6) is 0 Å². The molecule has 1 amide bonds. The summed E-state index contributed by atoms with van der Waals surface area (Å²) in [5, 5.41) is 3.81. The highest BCUT2D eigenvalue weighted by molar-refractivity contribution is 7.89. The van der Waals surface area contributed by atoms with Crippen molar-refractivity contribution in [2.24, 2.45) is 0 Å². The molecule has 1 aliphatic carbocycles. The first-order valence-electron chi connectivity index (χ1n) is 9.61. The summed E-state index contributed by atoms with van der Waals surface area (Å²) >= 11 is 12.0. The highest BCUT2D eigenvalue weighted by Crippen LogP contribution is 2.29. The van der Waals surface area contributed by atoms with E-state index in [2.05, 4.69) is 5.32 Å². The summed E-state index contributed by atoms with van der Waals surface area (Å²) in [4.78, 5) is 12.9. The molecule has 0 saturated heterocycles. The van der Waals surface area contributed by atoms with Crippen molar-refractivity contribution < 1.29 is 13.2 Å². The third-order valence-corrected chi connectivity index (χ3v) is 7.82. The van der Waals surface area contributed by atoms with Crippen molar-refractivity contribution >= 4 is 44.8 Å². The minimum atomic E-state index is -3.84. The van der Waals surface area contributed by atoms with Crippen LogP contribution in [-0.2, 0) is 14.8 Å². The van der Waals surface area contributed by atoms with Crippen LogP contribution in [-0.4, -0.2) is 31.2 Å². The minimum Gasteiger partial charge on any atom is -0.325 e. The summed E-state index contributed by atoms with van der Waals surface area (Å²) in [5.41, 5.74) is 1.32. The average molecular weight is 455 g/mol. The lowest BCUT2D eigenvalue weighted by Gasteiger charge is -2.33. The van der Waals surface area contributed by atoms with Gasteiger partial charge in [0.2, 0.25) is 15.9 Å². The summed E-state index contributed by atoms with van der Waals surface area (Å²) in [6.45, 7) is 1.56. The largest absolute Gasteiger partial charge is 0.325 e. The average Bonchev–Trinajstić information content (AvgIpc) is 2.70. The second kappa shape index (κ2) is 9.47. The van der Waals surface area contributed by atoms with Gasteiger partial charge in [-0.1, -0.05) is 48.5 Å². The Morgan fingerprint density at radius 2 is 1.72 bits per heavy atom. The van der Waals surface area contributed by atoms with E-state index in [1.54, 1.807) is 37.3 Å². The fourth-order valence-electron chi connectivity index (χ4n) is 3.60. The van der Waals surface area contributed by atoms with E-state index >= 15 is 0 Å². The van der Waals surface area contributed by atoms with E-state index in [0.29, 0.717) is 15.7 Å². The SMILES string of the molecule is Cc1c(Cl)cccc1NC(=O)CN(C1CCCCC1)S(=O)(=O)c1ccc(Cl)cc1. The van der Waals surface area contributed by atoms with Crippen molar-refractivity contribution in [2.75, 3.05) is 11.9 Å². The zero-order valence-electron chi connectivity index (χ0n) is 16.2. The van der Waals surface area contributed by atoms with Crippen LogP contribution < -0.4 is 5.32 Å². The first-order chi connectivity index (χ1) is 13.8. The Balaban J connectivity index is 1.86. The van der Waals surface area contributed by atoms with Crippen LogP contribution in [0.4, 0.5) is 5.69 Å². The molecule has 5 nitrogen and oxygen atoms in total. The van der Waals surface area contributed by atoms with E-state index in [-0.39, 0.29) is 17.5 Å². The first kappa shape index (κ1) is 22.1. The van der Waals surface area contributed by atoms with Gasteiger partial charge in [0.25, 0.3) is 0 Å². The van der Waals surface area contributed by atoms with E-state index in [1.165, 1.54) is 16.4 Å². The fraction of sp³-hybridized carbons (Fsp3) is 0.381. The van der Waals surface area contributed by atoms with Gasteiger partial charge in [0.05, 0.1) is 11.4 Å². The highest BCUT2D eigenvalue weighted by atomic mass is 35.5. The molecule has 1 aliphatic rings. The molecule has 1 N–H and O–H groups in total. The molecule has 156 valence electrons. The molecule has 0 unspecified atom stereocenters. The Kier molecular flexibility index (Phi) is 7.22. The van der Waals surface area contributed by atoms with Gasteiger partial charge in [0.1, 0.15) is 0 Å². The van der Waals surface area contributed by atoms with Crippen LogP contribution in [0, 0.1) is 6.92 Å². The number of carbonyl (C=O) groups excluding carboxylic acids is 1. The molecular weight excluding hydrogens is 431 g/mol. The van der Waals surface area contributed by atoms with Crippen LogP contribution in [0.1, 0.15) is 37.7 Å². The van der Waals surface area contributed by atoms with Gasteiger partial charge < -0.3 is 5.32 Å². The summed E-state index contributed by atoms with van der Waals surface area (Å²) in [6, 6.07) is 11.1. The number of nitrogens with zero attached hydrogens (tertiary/aromatic N) is 1. The molecule has 0 radical (unpaired) electrons. The van der Waals surface area contributed by atoms with E-state index in [0.717, 1.165) is 37.7 Å². The maximum atomic E-state index is 13.3. The van der Waals surface area contributed by atoms with Gasteiger partial charge in [-0.3, -0.25) is 4.79 Å². The second-order valence-electron chi connectivity index (χ2n) is 7.26. The van der Waals surface area contributed by atoms with E-state index in [4.69, 9.17) is 23.2 Å². The number of sulfonamides is 1. The summed E-state index contributed by atoms with van der Waals surface area (Å²) in [7, 11) is -3.84. The molecule has 0 heterocycles. The highest BCUT2D eigenvalue weighted by Gasteiger charge is 2.34. The Morgan fingerprint density at radius 1 is 1.07 bits per heavy atom. The molecule has 2 aromatic carbocycles. The fourth-order valence-corrected chi connectivity index (χ4v) is 5.54. The molecule has 0 aliphatic heterocycles. The Morgan fingerprint density at radius 3 is 2.38 bits per heavy atom. The number of anilines is 1. The van der Waals surface area contributed by atoms with Gasteiger partial charge >= 0.3 is 0 Å². The normalized spacial score (nSPS) is 15.4. The number of carbonyl (C=O) groups is 1. The van der Waals surface area contributed by atoms with Crippen molar-refractivity contribution in [2.45, 2.75) is 50.0 Å². The predicted octanol–water partition coefficient (Wildman–Crippen LogP) is 5.26. The monoisotopic (exact) mass is 454 g/mol. The third-order valence-electron chi connectivity index (χ3n) is 5.24. The van der Waals surface area contributed by atoms with Crippen LogP contribution in [0.3, 0.4) is 0 Å². The van der Waals surface area contributed by atoms with Crippen molar-refractivity contribution in [1.29, 1.82) is 0 Å². The maximum absolute atomic E-state index is 13.3. The number of hydrogen-bond acceptors (Lipinski definition) is 3. The molecule has 2 aromatic rings. The van der Waals surface area contributed by atoms with Gasteiger partial charge in [-0.2, -0.15) is 4.31 Å². The topological polar surface area (TPSA) is 66.5 Å². The van der Waals surface area contributed by atoms with Gasteiger partial charge in [0.15, 0.2) is 0 Å². The van der Waals surface area contributed by atoms with E-state index < -0.39 is 15.9 Å². The molecule has 1 fully saturated rings.